The topological polar surface area (TPSA) is 91.7 Å². The Morgan fingerprint density at radius 2 is 2.07 bits per heavy atom. The molecule has 0 atom stereocenters. The summed E-state index contributed by atoms with van der Waals surface area (Å²) < 4.78 is 47.8. The van der Waals surface area contributed by atoms with Gasteiger partial charge < -0.3 is 9.30 Å². The summed E-state index contributed by atoms with van der Waals surface area (Å²) in [6.45, 7) is 1.55. The third kappa shape index (κ3) is 4.48. The highest BCUT2D eigenvalue weighted by molar-refractivity contribution is 7.85. The fourth-order valence-corrected chi connectivity index (χ4v) is 3.19. The number of esters is 1. The summed E-state index contributed by atoms with van der Waals surface area (Å²) >= 11 is 0. The van der Waals surface area contributed by atoms with E-state index in [-0.39, 0.29) is 35.8 Å². The number of carbonyl (C=O) groups is 1. The van der Waals surface area contributed by atoms with Gasteiger partial charge in [0.2, 0.25) is 5.43 Å². The molecule has 1 aliphatic rings. The molecule has 1 aromatic heterocycles. The zero-order valence-electron chi connectivity index (χ0n) is 15.5. The quantitative estimate of drug-likeness (QED) is 0.516. The Hall–Kier alpha value is -2.52. The summed E-state index contributed by atoms with van der Waals surface area (Å²) in [5.41, 5.74) is -0.0152. The van der Waals surface area contributed by atoms with Crippen molar-refractivity contribution in [2.24, 2.45) is 0 Å². The van der Waals surface area contributed by atoms with Gasteiger partial charge in [0.15, 0.2) is 0 Å². The molecular weight excluding hydrogens is 389 g/mol. The van der Waals surface area contributed by atoms with Gasteiger partial charge in [-0.1, -0.05) is 12.2 Å². The largest absolute Gasteiger partial charge is 0.462 e. The van der Waals surface area contributed by atoms with Crippen LogP contribution >= 0.6 is 0 Å². The number of aromatic nitrogens is 1. The normalized spacial score (nSPS) is 14.7. The van der Waals surface area contributed by atoms with E-state index in [2.05, 4.69) is 4.18 Å². The van der Waals surface area contributed by atoms with Gasteiger partial charge in [0.25, 0.3) is 10.1 Å². The molecule has 1 aromatic carbocycles. The summed E-state index contributed by atoms with van der Waals surface area (Å²) in [5.74, 6) is -1.39. The van der Waals surface area contributed by atoms with Crippen LogP contribution in [0.5, 0.6) is 0 Å². The highest BCUT2D eigenvalue weighted by Gasteiger charge is 2.27. The second-order valence-electron chi connectivity index (χ2n) is 6.51. The maximum absolute atomic E-state index is 14.5. The van der Waals surface area contributed by atoms with Crippen molar-refractivity contribution >= 4 is 33.1 Å². The molecule has 0 radical (unpaired) electrons. The van der Waals surface area contributed by atoms with Crippen molar-refractivity contribution in [3.8, 4) is 0 Å². The van der Waals surface area contributed by atoms with Crippen LogP contribution in [-0.2, 0) is 19.0 Å². The Labute approximate surface area is 161 Å². The van der Waals surface area contributed by atoms with Crippen molar-refractivity contribution in [1.29, 1.82) is 0 Å². The van der Waals surface area contributed by atoms with Crippen molar-refractivity contribution in [2.45, 2.75) is 25.8 Å². The minimum atomic E-state index is -3.59. The minimum Gasteiger partial charge on any atom is -0.462 e. The Balaban J connectivity index is 2.06. The molecule has 3 rings (SSSR count). The molecule has 0 bridgehead atoms. The van der Waals surface area contributed by atoms with Crippen LogP contribution in [-0.4, -0.2) is 38.4 Å². The monoisotopic (exact) mass is 409 g/mol. The van der Waals surface area contributed by atoms with E-state index in [0.717, 1.165) is 25.2 Å². The number of hydrogen-bond donors (Lipinski definition) is 0. The molecule has 0 spiro atoms. The van der Waals surface area contributed by atoms with Crippen LogP contribution in [0.1, 0.15) is 41.7 Å². The standard InChI is InChI=1S/C19H20FNO6S/c1-3-26-19(23)15-11-21(13-6-7-13)17-9-12(5-4-8-27-28(2,24)25)16(20)10-14(17)18(15)22/h4-5,9-11,13H,3,6-8H2,1-2H3/b5-4+. The number of hydrogen-bond acceptors (Lipinski definition) is 6. The lowest BCUT2D eigenvalue weighted by Gasteiger charge is -2.13. The van der Waals surface area contributed by atoms with E-state index in [1.54, 1.807) is 11.5 Å². The van der Waals surface area contributed by atoms with Gasteiger partial charge in [-0.05, 0) is 31.9 Å². The number of nitrogens with zero attached hydrogens (tertiary/aromatic N) is 1. The number of ether oxygens (including phenoxy) is 1. The van der Waals surface area contributed by atoms with Crippen LogP contribution in [0.2, 0.25) is 0 Å². The zero-order valence-corrected chi connectivity index (χ0v) is 16.3. The van der Waals surface area contributed by atoms with E-state index in [1.165, 1.54) is 24.4 Å². The number of fused-ring (bicyclic) bond motifs is 1. The molecule has 9 heteroatoms. The molecule has 1 fully saturated rings. The van der Waals surface area contributed by atoms with Gasteiger partial charge >= 0.3 is 5.97 Å². The van der Waals surface area contributed by atoms with E-state index < -0.39 is 27.3 Å². The summed E-state index contributed by atoms with van der Waals surface area (Å²) in [5, 5.41) is 0.0967. The number of rotatable bonds is 7. The fraction of sp³-hybridized carbons (Fsp3) is 0.368. The van der Waals surface area contributed by atoms with Crippen LogP contribution in [0.15, 0.2) is 29.2 Å². The second kappa shape index (κ2) is 7.84. The first-order valence-corrected chi connectivity index (χ1v) is 10.6. The van der Waals surface area contributed by atoms with Crippen molar-refractivity contribution in [3.05, 3.63) is 51.6 Å². The number of carbonyl (C=O) groups excluding carboxylic acids is 1. The van der Waals surface area contributed by atoms with E-state index in [9.17, 15) is 22.4 Å². The molecule has 0 unspecified atom stereocenters. The van der Waals surface area contributed by atoms with Gasteiger partial charge in [-0.15, -0.1) is 0 Å². The highest BCUT2D eigenvalue weighted by atomic mass is 32.2. The molecule has 0 amide bonds. The zero-order chi connectivity index (χ0) is 20.5. The third-order valence-corrected chi connectivity index (χ3v) is 4.83. The summed E-state index contributed by atoms with van der Waals surface area (Å²) in [4.78, 5) is 24.8. The first-order valence-electron chi connectivity index (χ1n) is 8.77. The molecule has 0 saturated heterocycles. The maximum atomic E-state index is 14.5. The van der Waals surface area contributed by atoms with Crippen LogP contribution in [0.4, 0.5) is 4.39 Å². The van der Waals surface area contributed by atoms with Crippen LogP contribution in [0.25, 0.3) is 17.0 Å². The minimum absolute atomic E-state index is 0.0967. The molecule has 7 nitrogen and oxygen atoms in total. The predicted octanol–water partition coefficient (Wildman–Crippen LogP) is 2.64. The Morgan fingerprint density at radius 1 is 1.36 bits per heavy atom. The predicted molar refractivity (Wildman–Crippen MR) is 102 cm³/mol. The SMILES string of the molecule is CCOC(=O)c1cn(C2CC2)c2cc(/C=C/COS(C)(=O)=O)c(F)cc2c1=O. The van der Waals surface area contributed by atoms with E-state index >= 15 is 0 Å². The fourth-order valence-electron chi connectivity index (χ4n) is 2.86. The molecule has 1 heterocycles. The van der Waals surface area contributed by atoms with Crippen molar-refractivity contribution in [2.75, 3.05) is 19.5 Å². The van der Waals surface area contributed by atoms with Crippen LogP contribution < -0.4 is 5.43 Å². The van der Waals surface area contributed by atoms with Gasteiger partial charge in [-0.2, -0.15) is 8.42 Å². The molecule has 28 heavy (non-hydrogen) atoms. The summed E-state index contributed by atoms with van der Waals surface area (Å²) in [6, 6.07) is 2.74. The third-order valence-electron chi connectivity index (χ3n) is 4.26. The van der Waals surface area contributed by atoms with Gasteiger partial charge in [0, 0.05) is 23.2 Å². The van der Waals surface area contributed by atoms with Crippen molar-refractivity contribution < 1.29 is 26.5 Å². The van der Waals surface area contributed by atoms with E-state index in [1.807, 2.05) is 0 Å². The number of benzene rings is 1. The first kappa shape index (κ1) is 20.2. The molecule has 1 saturated carbocycles. The van der Waals surface area contributed by atoms with Gasteiger partial charge in [0.1, 0.15) is 11.4 Å². The van der Waals surface area contributed by atoms with E-state index in [0.29, 0.717) is 5.52 Å². The van der Waals surface area contributed by atoms with Gasteiger partial charge in [-0.3, -0.25) is 8.98 Å². The smallest absolute Gasteiger partial charge is 0.343 e. The molecule has 1 aliphatic carbocycles. The van der Waals surface area contributed by atoms with Gasteiger partial charge in [-0.25, -0.2) is 9.18 Å². The number of pyridine rings is 1. The van der Waals surface area contributed by atoms with Crippen LogP contribution in [0, 0.1) is 5.82 Å². The van der Waals surface area contributed by atoms with Crippen LogP contribution in [0.3, 0.4) is 0 Å². The highest BCUT2D eigenvalue weighted by Crippen LogP contribution is 2.37. The van der Waals surface area contributed by atoms with Crippen molar-refractivity contribution in [1.82, 2.24) is 4.57 Å². The first-order chi connectivity index (χ1) is 13.2. The molecular formula is C19H20FNO6S. The second-order valence-corrected chi connectivity index (χ2v) is 8.16. The lowest BCUT2D eigenvalue weighted by Crippen LogP contribution is -2.21. The average Bonchev–Trinajstić information content (AvgIpc) is 3.44. The molecule has 2 aromatic rings. The van der Waals surface area contributed by atoms with Crippen molar-refractivity contribution in [3.63, 3.8) is 0 Å². The average molecular weight is 409 g/mol. The maximum Gasteiger partial charge on any atom is 0.343 e. The van der Waals surface area contributed by atoms with E-state index in [4.69, 9.17) is 4.74 Å². The molecule has 0 aliphatic heterocycles. The number of halogens is 1. The lowest BCUT2D eigenvalue weighted by atomic mass is 10.1. The Kier molecular flexibility index (Phi) is 5.66. The molecule has 0 N–H and O–H groups in total. The molecule has 150 valence electrons. The lowest BCUT2D eigenvalue weighted by molar-refractivity contribution is 0.0524. The van der Waals surface area contributed by atoms with Gasteiger partial charge in [0.05, 0.1) is 25.0 Å². The summed E-state index contributed by atoms with van der Waals surface area (Å²) in [7, 11) is -3.59. The Bertz CT molecular complexity index is 1120. The summed E-state index contributed by atoms with van der Waals surface area (Å²) in [6.07, 6.45) is 6.94. The Morgan fingerprint density at radius 3 is 2.68 bits per heavy atom.